The van der Waals surface area contributed by atoms with Gasteiger partial charge in [-0.2, -0.15) is 0 Å². The summed E-state index contributed by atoms with van der Waals surface area (Å²) in [5.74, 6) is -0.540. The van der Waals surface area contributed by atoms with Gasteiger partial charge in [-0.25, -0.2) is 4.98 Å². The number of aliphatic hydroxyl groups excluding tert-OH is 1. The minimum Gasteiger partial charge on any atom is -0.392 e. The normalized spacial score (nSPS) is 11.6. The zero-order chi connectivity index (χ0) is 12.3. The highest BCUT2D eigenvalue weighted by Crippen LogP contribution is 2.30. The number of halogens is 5. The van der Waals surface area contributed by atoms with E-state index in [0.717, 1.165) is 0 Å². The van der Waals surface area contributed by atoms with E-state index < -0.39 is 12.2 Å². The Morgan fingerprint density at radius 1 is 1.50 bits per heavy atom. The Hall–Kier alpha value is -0.0900. The lowest BCUT2D eigenvalue weighted by Gasteiger charge is -2.13. The van der Waals surface area contributed by atoms with Gasteiger partial charge in [-0.3, -0.25) is 0 Å². The predicted molar refractivity (Wildman–Crippen MR) is 62.2 cm³/mol. The second-order valence-corrected chi connectivity index (χ2v) is 4.36. The smallest absolute Gasteiger partial charge is 0.392 e. The van der Waals surface area contributed by atoms with E-state index in [4.69, 9.17) is 5.11 Å². The van der Waals surface area contributed by atoms with Gasteiger partial charge in [0.05, 0.1) is 10.2 Å². The third kappa shape index (κ3) is 3.45. The molecule has 0 aliphatic rings. The molecule has 0 bridgehead atoms. The summed E-state index contributed by atoms with van der Waals surface area (Å²) in [5.41, 5.74) is 1.01. The molecule has 0 aliphatic heterocycles. The Morgan fingerprint density at radius 2 is 2.12 bits per heavy atom. The molecule has 1 aromatic rings. The van der Waals surface area contributed by atoms with Crippen LogP contribution in [0.3, 0.4) is 0 Å². The largest absolute Gasteiger partial charge is 0.574 e. The van der Waals surface area contributed by atoms with E-state index in [1.807, 2.05) is 0 Å². The Morgan fingerprint density at radius 3 is 2.56 bits per heavy atom. The van der Waals surface area contributed by atoms with Crippen LogP contribution in [0.15, 0.2) is 6.20 Å². The van der Waals surface area contributed by atoms with Gasteiger partial charge in [0.2, 0.25) is 5.88 Å². The molecule has 90 valence electrons. The number of alkyl halides is 4. The third-order valence-corrected chi connectivity index (χ3v) is 3.41. The highest BCUT2D eigenvalue weighted by Gasteiger charge is 2.33. The molecule has 0 aliphatic carbocycles. The molecule has 8 heteroatoms. The van der Waals surface area contributed by atoms with Gasteiger partial charge >= 0.3 is 6.36 Å². The molecule has 0 radical (unpaired) electrons. The van der Waals surface area contributed by atoms with Gasteiger partial charge in [-0.1, -0.05) is 15.9 Å². The van der Waals surface area contributed by atoms with Crippen LogP contribution in [0, 0.1) is 3.57 Å². The maximum atomic E-state index is 12.0. The average molecular weight is 412 g/mol. The molecule has 1 aromatic heterocycles. The minimum absolute atomic E-state index is 0.161. The molecule has 0 saturated carbocycles. The third-order valence-electron chi connectivity index (χ3n) is 1.69. The van der Waals surface area contributed by atoms with Gasteiger partial charge < -0.3 is 9.84 Å². The Balaban J connectivity index is 3.14. The lowest BCUT2D eigenvalue weighted by Crippen LogP contribution is -2.19. The van der Waals surface area contributed by atoms with Crippen molar-refractivity contribution in [1.82, 2.24) is 4.98 Å². The molecule has 0 atom stereocenters. The predicted octanol–water partition coefficient (Wildman–Crippen LogP) is 2.97. The van der Waals surface area contributed by atoms with Crippen molar-refractivity contribution in [3.05, 3.63) is 20.9 Å². The fourth-order valence-electron chi connectivity index (χ4n) is 1.01. The zero-order valence-electron chi connectivity index (χ0n) is 7.68. The van der Waals surface area contributed by atoms with E-state index in [1.54, 1.807) is 22.6 Å². The summed E-state index contributed by atoms with van der Waals surface area (Å²) in [4.78, 5) is 3.55. The van der Waals surface area contributed by atoms with Gasteiger partial charge in [0.15, 0.2) is 0 Å². The number of hydrogen-bond donors (Lipinski definition) is 1. The highest BCUT2D eigenvalue weighted by atomic mass is 127. The first-order chi connectivity index (χ1) is 7.39. The summed E-state index contributed by atoms with van der Waals surface area (Å²) < 4.78 is 39.9. The maximum Gasteiger partial charge on any atom is 0.574 e. The molecule has 0 amide bonds. The summed E-state index contributed by atoms with van der Waals surface area (Å²) >= 11 is 4.81. The standard InChI is InChI=1S/C8H6BrF3INO2/c9-1-4-2-14-7(16-8(10,11)12)6(13)5(4)3-15/h2,15H,1,3H2. The molecule has 1 N–H and O–H groups in total. The van der Waals surface area contributed by atoms with Gasteiger partial charge in [0.1, 0.15) is 0 Å². The van der Waals surface area contributed by atoms with E-state index in [9.17, 15) is 13.2 Å². The second kappa shape index (κ2) is 5.50. The van der Waals surface area contributed by atoms with Crippen LogP contribution in [-0.4, -0.2) is 16.5 Å². The summed E-state index contributed by atoms with van der Waals surface area (Å²) in [6.07, 6.45) is -3.54. The average Bonchev–Trinajstić information content (AvgIpc) is 2.19. The summed E-state index contributed by atoms with van der Waals surface area (Å²) in [6, 6.07) is 0. The molecule has 0 saturated heterocycles. The molecule has 0 aromatic carbocycles. The Bertz CT molecular complexity index is 386. The molecule has 0 spiro atoms. The second-order valence-electron chi connectivity index (χ2n) is 2.72. The number of pyridine rings is 1. The number of aliphatic hydroxyl groups is 1. The molecule has 0 unspecified atom stereocenters. The van der Waals surface area contributed by atoms with Crippen molar-refractivity contribution in [3.63, 3.8) is 0 Å². The molecule has 3 nitrogen and oxygen atoms in total. The number of hydrogen-bond acceptors (Lipinski definition) is 3. The van der Waals surface area contributed by atoms with E-state index in [1.165, 1.54) is 6.20 Å². The number of rotatable bonds is 3. The first-order valence-corrected chi connectivity index (χ1v) is 6.18. The molecule has 16 heavy (non-hydrogen) atoms. The van der Waals surface area contributed by atoms with Crippen LogP contribution in [-0.2, 0) is 11.9 Å². The minimum atomic E-state index is -4.78. The van der Waals surface area contributed by atoms with Crippen molar-refractivity contribution in [2.24, 2.45) is 0 Å². The van der Waals surface area contributed by atoms with Crippen LogP contribution in [0.25, 0.3) is 0 Å². The fourth-order valence-corrected chi connectivity index (χ4v) is 2.26. The van der Waals surface area contributed by atoms with Crippen molar-refractivity contribution in [2.45, 2.75) is 18.3 Å². The molecule has 1 rings (SSSR count). The SMILES string of the molecule is OCc1c(CBr)cnc(OC(F)(F)F)c1I. The Labute approximate surface area is 111 Å². The monoisotopic (exact) mass is 411 g/mol. The van der Waals surface area contributed by atoms with Crippen LogP contribution >= 0.6 is 38.5 Å². The lowest BCUT2D eigenvalue weighted by molar-refractivity contribution is -0.276. The summed E-state index contributed by atoms with van der Waals surface area (Å²) in [5, 5.41) is 9.46. The van der Waals surface area contributed by atoms with Crippen molar-refractivity contribution in [1.29, 1.82) is 0 Å². The molecular formula is C8H6BrF3INO2. The number of nitrogens with zero attached hydrogens (tertiary/aromatic N) is 1. The first-order valence-electron chi connectivity index (χ1n) is 3.98. The number of aromatic nitrogens is 1. The van der Waals surface area contributed by atoms with Crippen LogP contribution in [0.4, 0.5) is 13.2 Å². The molecular weight excluding hydrogens is 406 g/mol. The first kappa shape index (κ1) is 14.0. The van der Waals surface area contributed by atoms with Gasteiger partial charge in [-0.05, 0) is 28.2 Å². The van der Waals surface area contributed by atoms with Crippen molar-refractivity contribution >= 4 is 38.5 Å². The fraction of sp³-hybridized carbons (Fsp3) is 0.375. The maximum absolute atomic E-state index is 12.0. The quantitative estimate of drug-likeness (QED) is 0.614. The van der Waals surface area contributed by atoms with Crippen molar-refractivity contribution in [3.8, 4) is 5.88 Å². The van der Waals surface area contributed by atoms with E-state index in [0.29, 0.717) is 16.5 Å². The van der Waals surface area contributed by atoms with Crippen molar-refractivity contribution in [2.75, 3.05) is 0 Å². The van der Waals surface area contributed by atoms with E-state index >= 15 is 0 Å². The van der Waals surface area contributed by atoms with Crippen molar-refractivity contribution < 1.29 is 23.0 Å². The zero-order valence-corrected chi connectivity index (χ0v) is 11.4. The molecule has 1 heterocycles. The van der Waals surface area contributed by atoms with Gasteiger partial charge in [-0.15, -0.1) is 13.2 Å². The Kier molecular flexibility index (Phi) is 4.80. The lowest BCUT2D eigenvalue weighted by atomic mass is 10.2. The van der Waals surface area contributed by atoms with Crippen LogP contribution in [0.5, 0.6) is 5.88 Å². The number of ether oxygens (including phenoxy) is 1. The van der Waals surface area contributed by atoms with E-state index in [2.05, 4.69) is 25.7 Å². The van der Waals surface area contributed by atoms with Crippen LogP contribution in [0.2, 0.25) is 0 Å². The van der Waals surface area contributed by atoms with Gasteiger partial charge in [0.25, 0.3) is 0 Å². The topological polar surface area (TPSA) is 42.4 Å². The molecule has 0 fully saturated rings. The summed E-state index contributed by atoms with van der Waals surface area (Å²) in [7, 11) is 0. The van der Waals surface area contributed by atoms with Gasteiger partial charge in [0, 0.05) is 17.1 Å². The summed E-state index contributed by atoms with van der Waals surface area (Å²) in [6.45, 7) is -0.365. The van der Waals surface area contributed by atoms with E-state index in [-0.39, 0.29) is 10.2 Å². The van der Waals surface area contributed by atoms with Crippen LogP contribution < -0.4 is 4.74 Å². The van der Waals surface area contributed by atoms with Crippen LogP contribution in [0.1, 0.15) is 11.1 Å². The highest BCUT2D eigenvalue weighted by molar-refractivity contribution is 14.1.